The van der Waals surface area contributed by atoms with Gasteiger partial charge in [-0.25, -0.2) is 0 Å². The highest BCUT2D eigenvalue weighted by atomic mass is 16.5. The van der Waals surface area contributed by atoms with Gasteiger partial charge >= 0.3 is 0 Å². The molecule has 0 saturated heterocycles. The fraction of sp³-hybridized carbons (Fsp3) is 1.00. The Morgan fingerprint density at radius 2 is 1.92 bits per heavy atom. The Kier molecular flexibility index (Phi) is 8.46. The molecule has 0 aliphatic carbocycles. The first-order valence-electron chi connectivity index (χ1n) is 5.51. The van der Waals surface area contributed by atoms with Crippen molar-refractivity contribution in [2.24, 2.45) is 5.92 Å². The standard InChI is InChI=1S/C11H25NO/c1-5-10(3)9-11(4)12-7-8-13-6-2/h10-12H,5-9H2,1-4H3. The number of hydrogen-bond acceptors (Lipinski definition) is 2. The quantitative estimate of drug-likeness (QED) is 0.589. The van der Waals surface area contributed by atoms with Gasteiger partial charge in [0, 0.05) is 19.2 Å². The molecule has 0 rings (SSSR count). The van der Waals surface area contributed by atoms with Gasteiger partial charge in [-0.3, -0.25) is 0 Å². The van der Waals surface area contributed by atoms with Crippen LogP contribution in [0.25, 0.3) is 0 Å². The lowest BCUT2D eigenvalue weighted by molar-refractivity contribution is 0.146. The van der Waals surface area contributed by atoms with Crippen LogP contribution in [0.15, 0.2) is 0 Å². The van der Waals surface area contributed by atoms with Crippen LogP contribution in [0.5, 0.6) is 0 Å². The first kappa shape index (κ1) is 12.9. The van der Waals surface area contributed by atoms with E-state index in [1.54, 1.807) is 0 Å². The van der Waals surface area contributed by atoms with Crippen LogP contribution in [0.3, 0.4) is 0 Å². The second-order valence-corrected chi connectivity index (χ2v) is 3.80. The first-order valence-corrected chi connectivity index (χ1v) is 5.51. The second kappa shape index (κ2) is 8.52. The fourth-order valence-electron chi connectivity index (χ4n) is 1.38. The van der Waals surface area contributed by atoms with Crippen LogP contribution >= 0.6 is 0 Å². The summed E-state index contributed by atoms with van der Waals surface area (Å²) in [6.45, 7) is 11.5. The van der Waals surface area contributed by atoms with Crippen LogP contribution in [-0.4, -0.2) is 25.8 Å². The lowest BCUT2D eigenvalue weighted by Crippen LogP contribution is -2.30. The van der Waals surface area contributed by atoms with Crippen LogP contribution in [0.1, 0.15) is 40.5 Å². The maximum absolute atomic E-state index is 5.25. The lowest BCUT2D eigenvalue weighted by atomic mass is 10.0. The topological polar surface area (TPSA) is 21.3 Å². The van der Waals surface area contributed by atoms with Gasteiger partial charge in [-0.2, -0.15) is 0 Å². The van der Waals surface area contributed by atoms with E-state index in [4.69, 9.17) is 4.74 Å². The van der Waals surface area contributed by atoms with Gasteiger partial charge in [-0.1, -0.05) is 20.3 Å². The molecule has 2 heteroatoms. The molecule has 0 aromatic heterocycles. The van der Waals surface area contributed by atoms with Crippen molar-refractivity contribution in [2.75, 3.05) is 19.8 Å². The van der Waals surface area contributed by atoms with Crippen molar-refractivity contribution in [1.82, 2.24) is 5.32 Å². The van der Waals surface area contributed by atoms with Crippen molar-refractivity contribution in [3.63, 3.8) is 0 Å². The summed E-state index contributed by atoms with van der Waals surface area (Å²) < 4.78 is 5.25. The van der Waals surface area contributed by atoms with Crippen molar-refractivity contribution in [3.05, 3.63) is 0 Å². The van der Waals surface area contributed by atoms with E-state index in [1.807, 2.05) is 6.92 Å². The highest BCUT2D eigenvalue weighted by molar-refractivity contribution is 4.63. The normalized spacial score (nSPS) is 15.7. The minimum Gasteiger partial charge on any atom is -0.380 e. The molecular formula is C11H25NO. The molecule has 2 nitrogen and oxygen atoms in total. The third-order valence-electron chi connectivity index (χ3n) is 2.40. The Labute approximate surface area is 83.1 Å². The summed E-state index contributed by atoms with van der Waals surface area (Å²) in [6, 6.07) is 0.621. The maximum Gasteiger partial charge on any atom is 0.0590 e. The van der Waals surface area contributed by atoms with Crippen LogP contribution in [0, 0.1) is 5.92 Å². The molecular weight excluding hydrogens is 162 g/mol. The van der Waals surface area contributed by atoms with Crippen molar-refractivity contribution < 1.29 is 4.74 Å². The van der Waals surface area contributed by atoms with Gasteiger partial charge in [0.2, 0.25) is 0 Å². The summed E-state index contributed by atoms with van der Waals surface area (Å²) >= 11 is 0. The summed E-state index contributed by atoms with van der Waals surface area (Å²) in [5.41, 5.74) is 0. The monoisotopic (exact) mass is 187 g/mol. The zero-order chi connectivity index (χ0) is 10.1. The molecule has 0 heterocycles. The van der Waals surface area contributed by atoms with Gasteiger partial charge < -0.3 is 10.1 Å². The summed E-state index contributed by atoms with van der Waals surface area (Å²) in [7, 11) is 0. The van der Waals surface area contributed by atoms with E-state index in [-0.39, 0.29) is 0 Å². The predicted molar refractivity (Wildman–Crippen MR) is 58.0 cm³/mol. The van der Waals surface area contributed by atoms with E-state index < -0.39 is 0 Å². The number of rotatable bonds is 8. The van der Waals surface area contributed by atoms with Crippen LogP contribution in [0.4, 0.5) is 0 Å². The fourth-order valence-corrected chi connectivity index (χ4v) is 1.38. The molecule has 0 spiro atoms. The molecule has 0 amide bonds. The molecule has 0 aliphatic heterocycles. The SMILES string of the molecule is CCOCCNC(C)CC(C)CC. The molecule has 0 aromatic rings. The predicted octanol–water partition coefficient (Wildman–Crippen LogP) is 2.44. The Morgan fingerprint density at radius 3 is 2.46 bits per heavy atom. The largest absolute Gasteiger partial charge is 0.380 e. The van der Waals surface area contributed by atoms with Crippen molar-refractivity contribution in [3.8, 4) is 0 Å². The van der Waals surface area contributed by atoms with Gasteiger partial charge in [0.1, 0.15) is 0 Å². The molecule has 1 N–H and O–H groups in total. The van der Waals surface area contributed by atoms with Crippen LogP contribution in [-0.2, 0) is 4.74 Å². The average molecular weight is 187 g/mol. The van der Waals surface area contributed by atoms with E-state index in [0.29, 0.717) is 6.04 Å². The lowest BCUT2D eigenvalue weighted by Gasteiger charge is -2.17. The Balaban J connectivity index is 3.24. The van der Waals surface area contributed by atoms with Gasteiger partial charge in [0.05, 0.1) is 6.61 Å². The Morgan fingerprint density at radius 1 is 1.23 bits per heavy atom. The third kappa shape index (κ3) is 8.26. The number of nitrogens with one attached hydrogen (secondary N) is 1. The van der Waals surface area contributed by atoms with Crippen LogP contribution in [0.2, 0.25) is 0 Å². The summed E-state index contributed by atoms with van der Waals surface area (Å²) in [6.07, 6.45) is 2.54. The van der Waals surface area contributed by atoms with Crippen molar-refractivity contribution in [1.29, 1.82) is 0 Å². The molecule has 2 unspecified atom stereocenters. The Bertz CT molecular complexity index is 106. The molecule has 13 heavy (non-hydrogen) atoms. The number of ether oxygens (including phenoxy) is 1. The molecule has 0 radical (unpaired) electrons. The van der Waals surface area contributed by atoms with E-state index in [2.05, 4.69) is 26.1 Å². The van der Waals surface area contributed by atoms with Crippen LogP contribution < -0.4 is 5.32 Å². The highest BCUT2D eigenvalue weighted by Gasteiger charge is 2.05. The highest BCUT2D eigenvalue weighted by Crippen LogP contribution is 2.08. The van der Waals surface area contributed by atoms with E-state index in [9.17, 15) is 0 Å². The zero-order valence-corrected chi connectivity index (χ0v) is 9.60. The van der Waals surface area contributed by atoms with Crippen molar-refractivity contribution >= 4 is 0 Å². The molecule has 0 aliphatic rings. The van der Waals surface area contributed by atoms with E-state index >= 15 is 0 Å². The maximum atomic E-state index is 5.25. The average Bonchev–Trinajstić information content (AvgIpc) is 2.12. The third-order valence-corrected chi connectivity index (χ3v) is 2.40. The second-order valence-electron chi connectivity index (χ2n) is 3.80. The van der Waals surface area contributed by atoms with Gasteiger partial charge in [0.15, 0.2) is 0 Å². The van der Waals surface area contributed by atoms with Gasteiger partial charge in [0.25, 0.3) is 0 Å². The summed E-state index contributed by atoms with van der Waals surface area (Å²) in [4.78, 5) is 0. The molecule has 0 fully saturated rings. The molecule has 80 valence electrons. The Hall–Kier alpha value is -0.0800. The molecule has 0 aromatic carbocycles. The van der Waals surface area contributed by atoms with E-state index in [0.717, 1.165) is 25.7 Å². The first-order chi connectivity index (χ1) is 6.20. The summed E-state index contributed by atoms with van der Waals surface area (Å²) in [5, 5.41) is 3.46. The minimum atomic E-state index is 0.621. The van der Waals surface area contributed by atoms with E-state index in [1.165, 1.54) is 12.8 Å². The van der Waals surface area contributed by atoms with Crippen molar-refractivity contribution in [2.45, 2.75) is 46.6 Å². The zero-order valence-electron chi connectivity index (χ0n) is 9.60. The minimum absolute atomic E-state index is 0.621. The smallest absolute Gasteiger partial charge is 0.0590 e. The summed E-state index contributed by atoms with van der Waals surface area (Å²) in [5.74, 6) is 0.828. The molecule has 0 saturated carbocycles. The van der Waals surface area contributed by atoms with Gasteiger partial charge in [-0.05, 0) is 26.2 Å². The molecule has 0 bridgehead atoms. The molecule has 2 atom stereocenters. The van der Waals surface area contributed by atoms with Gasteiger partial charge in [-0.15, -0.1) is 0 Å². The number of hydrogen-bond donors (Lipinski definition) is 1.